The lowest BCUT2D eigenvalue weighted by Crippen LogP contribution is -2.48. The van der Waals surface area contributed by atoms with Crippen LogP contribution in [0.2, 0.25) is 0 Å². The normalized spacial score (nSPS) is 27.2. The molecule has 1 aromatic carbocycles. The molecular formula is C15H20N2. The van der Waals surface area contributed by atoms with Crippen LogP contribution in [0.1, 0.15) is 43.7 Å². The predicted molar refractivity (Wildman–Crippen MR) is 69.8 cm³/mol. The van der Waals surface area contributed by atoms with Crippen LogP contribution in [-0.2, 0) is 0 Å². The minimum absolute atomic E-state index is 0.623. The van der Waals surface area contributed by atoms with Gasteiger partial charge in [-0.2, -0.15) is 5.26 Å². The number of rotatable bonds is 4. The summed E-state index contributed by atoms with van der Waals surface area (Å²) in [4.78, 5) is 0. The summed E-state index contributed by atoms with van der Waals surface area (Å²) in [5, 5.41) is 12.5. The Bertz CT molecular complexity index is 419. The second-order valence-corrected chi connectivity index (χ2v) is 5.00. The highest BCUT2D eigenvalue weighted by molar-refractivity contribution is 5.36. The maximum absolute atomic E-state index is 8.91. The molecule has 0 bridgehead atoms. The number of nitrogens with one attached hydrogen (secondary N) is 1. The van der Waals surface area contributed by atoms with Gasteiger partial charge in [0.1, 0.15) is 0 Å². The second-order valence-electron chi connectivity index (χ2n) is 5.00. The first-order chi connectivity index (χ1) is 8.26. The van der Waals surface area contributed by atoms with E-state index in [1.54, 1.807) is 0 Å². The fraction of sp³-hybridized carbons (Fsp3) is 0.533. The van der Waals surface area contributed by atoms with Gasteiger partial charge < -0.3 is 5.32 Å². The Hall–Kier alpha value is -1.33. The van der Waals surface area contributed by atoms with Crippen LogP contribution in [0.4, 0.5) is 0 Å². The van der Waals surface area contributed by atoms with Gasteiger partial charge in [-0.15, -0.1) is 0 Å². The molecule has 1 saturated carbocycles. The fourth-order valence-corrected chi connectivity index (χ4v) is 2.66. The fourth-order valence-electron chi connectivity index (χ4n) is 2.66. The van der Waals surface area contributed by atoms with Gasteiger partial charge in [0.15, 0.2) is 0 Å². The number of nitrogens with zero attached hydrogens (tertiary/aromatic N) is 1. The molecule has 0 aliphatic heterocycles. The van der Waals surface area contributed by atoms with Crippen molar-refractivity contribution in [2.24, 2.45) is 5.92 Å². The van der Waals surface area contributed by atoms with Gasteiger partial charge in [0.2, 0.25) is 0 Å². The van der Waals surface area contributed by atoms with Crippen molar-refractivity contribution >= 4 is 0 Å². The molecule has 0 heterocycles. The van der Waals surface area contributed by atoms with Crippen LogP contribution in [0.15, 0.2) is 24.3 Å². The summed E-state index contributed by atoms with van der Waals surface area (Å²) in [6, 6.07) is 10.9. The lowest BCUT2D eigenvalue weighted by Gasteiger charge is -2.44. The van der Waals surface area contributed by atoms with E-state index in [-0.39, 0.29) is 0 Å². The van der Waals surface area contributed by atoms with Crippen molar-refractivity contribution in [1.82, 2.24) is 5.32 Å². The van der Waals surface area contributed by atoms with Crippen LogP contribution in [0, 0.1) is 17.2 Å². The molecule has 0 aromatic heterocycles. The van der Waals surface area contributed by atoms with E-state index in [2.05, 4.69) is 31.3 Å². The van der Waals surface area contributed by atoms with Gasteiger partial charge in [-0.25, -0.2) is 0 Å². The molecule has 0 radical (unpaired) electrons. The Kier molecular flexibility index (Phi) is 3.81. The summed E-state index contributed by atoms with van der Waals surface area (Å²) in [7, 11) is 0. The smallest absolute Gasteiger partial charge is 0.0991 e. The van der Waals surface area contributed by atoms with Crippen molar-refractivity contribution in [3.8, 4) is 6.07 Å². The SMILES string of the molecule is CCCNC1CC(c2cccc(C#N)c2)C1C. The lowest BCUT2D eigenvalue weighted by molar-refractivity contribution is 0.185. The molecule has 3 unspecified atom stereocenters. The minimum atomic E-state index is 0.623. The zero-order chi connectivity index (χ0) is 12.3. The molecule has 1 aliphatic rings. The summed E-state index contributed by atoms with van der Waals surface area (Å²) in [5.74, 6) is 1.30. The van der Waals surface area contributed by atoms with Crippen molar-refractivity contribution in [1.29, 1.82) is 5.26 Å². The first-order valence-electron chi connectivity index (χ1n) is 6.49. The van der Waals surface area contributed by atoms with E-state index in [4.69, 9.17) is 5.26 Å². The number of hydrogen-bond acceptors (Lipinski definition) is 2. The molecule has 2 nitrogen and oxygen atoms in total. The number of hydrogen-bond donors (Lipinski definition) is 1. The standard InChI is InChI=1S/C15H20N2/c1-3-7-17-15-9-14(11(15)2)13-6-4-5-12(8-13)10-16/h4-6,8,11,14-15,17H,3,7,9H2,1-2H3. The van der Waals surface area contributed by atoms with Crippen molar-refractivity contribution in [2.75, 3.05) is 6.54 Å². The van der Waals surface area contributed by atoms with Gasteiger partial charge in [0.05, 0.1) is 11.6 Å². The van der Waals surface area contributed by atoms with E-state index in [1.165, 1.54) is 18.4 Å². The Morgan fingerprint density at radius 2 is 2.29 bits per heavy atom. The predicted octanol–water partition coefficient (Wildman–Crippen LogP) is 3.05. The summed E-state index contributed by atoms with van der Waals surface area (Å²) < 4.78 is 0. The maximum Gasteiger partial charge on any atom is 0.0991 e. The van der Waals surface area contributed by atoms with E-state index in [0.29, 0.717) is 17.9 Å². The van der Waals surface area contributed by atoms with E-state index in [0.717, 1.165) is 12.1 Å². The molecule has 0 spiro atoms. The van der Waals surface area contributed by atoms with E-state index in [9.17, 15) is 0 Å². The Morgan fingerprint density at radius 3 is 2.94 bits per heavy atom. The molecule has 1 aliphatic carbocycles. The summed E-state index contributed by atoms with van der Waals surface area (Å²) >= 11 is 0. The van der Waals surface area contributed by atoms with Gasteiger partial charge in [-0.3, -0.25) is 0 Å². The van der Waals surface area contributed by atoms with Crippen LogP contribution in [0.25, 0.3) is 0 Å². The molecule has 90 valence electrons. The van der Waals surface area contributed by atoms with Crippen LogP contribution >= 0.6 is 0 Å². The molecular weight excluding hydrogens is 208 g/mol. The maximum atomic E-state index is 8.91. The van der Waals surface area contributed by atoms with E-state index < -0.39 is 0 Å². The van der Waals surface area contributed by atoms with Crippen molar-refractivity contribution in [3.63, 3.8) is 0 Å². The molecule has 1 aromatic rings. The first kappa shape index (κ1) is 12.1. The van der Waals surface area contributed by atoms with Crippen molar-refractivity contribution < 1.29 is 0 Å². The molecule has 2 rings (SSSR count). The number of benzene rings is 1. The van der Waals surface area contributed by atoms with Crippen LogP contribution in [0.3, 0.4) is 0 Å². The van der Waals surface area contributed by atoms with E-state index in [1.807, 2.05) is 18.2 Å². The topological polar surface area (TPSA) is 35.8 Å². The highest BCUT2D eigenvalue weighted by Crippen LogP contribution is 2.42. The molecule has 0 saturated heterocycles. The van der Waals surface area contributed by atoms with Gasteiger partial charge in [-0.05, 0) is 48.9 Å². The monoisotopic (exact) mass is 228 g/mol. The Morgan fingerprint density at radius 1 is 1.47 bits per heavy atom. The zero-order valence-electron chi connectivity index (χ0n) is 10.6. The number of nitriles is 1. The molecule has 17 heavy (non-hydrogen) atoms. The zero-order valence-corrected chi connectivity index (χ0v) is 10.6. The molecule has 3 atom stereocenters. The summed E-state index contributed by atoms with van der Waals surface area (Å²) in [6.45, 7) is 5.62. The third kappa shape index (κ3) is 2.50. The minimum Gasteiger partial charge on any atom is -0.314 e. The van der Waals surface area contributed by atoms with Crippen LogP contribution in [0.5, 0.6) is 0 Å². The first-order valence-corrected chi connectivity index (χ1v) is 6.49. The van der Waals surface area contributed by atoms with Gasteiger partial charge in [0, 0.05) is 6.04 Å². The van der Waals surface area contributed by atoms with Gasteiger partial charge in [0.25, 0.3) is 0 Å². The van der Waals surface area contributed by atoms with Crippen molar-refractivity contribution in [3.05, 3.63) is 35.4 Å². The van der Waals surface area contributed by atoms with Crippen molar-refractivity contribution in [2.45, 2.75) is 38.6 Å². The molecule has 1 fully saturated rings. The highest BCUT2D eigenvalue weighted by Gasteiger charge is 2.37. The quantitative estimate of drug-likeness (QED) is 0.859. The lowest BCUT2D eigenvalue weighted by atomic mass is 9.67. The van der Waals surface area contributed by atoms with Gasteiger partial charge >= 0.3 is 0 Å². The van der Waals surface area contributed by atoms with E-state index >= 15 is 0 Å². The average molecular weight is 228 g/mol. The highest BCUT2D eigenvalue weighted by atomic mass is 14.9. The third-order valence-electron chi connectivity index (χ3n) is 3.88. The van der Waals surface area contributed by atoms with Crippen LogP contribution < -0.4 is 5.32 Å². The Labute approximate surface area is 104 Å². The molecule has 1 N–H and O–H groups in total. The molecule has 2 heteroatoms. The summed E-state index contributed by atoms with van der Waals surface area (Å²) in [5.41, 5.74) is 2.10. The Balaban J connectivity index is 1.99. The molecule has 0 amide bonds. The second kappa shape index (κ2) is 5.33. The third-order valence-corrected chi connectivity index (χ3v) is 3.88. The summed E-state index contributed by atoms with van der Waals surface area (Å²) in [6.07, 6.45) is 2.40. The largest absolute Gasteiger partial charge is 0.314 e. The van der Waals surface area contributed by atoms with Gasteiger partial charge in [-0.1, -0.05) is 26.0 Å². The van der Waals surface area contributed by atoms with Crippen LogP contribution in [-0.4, -0.2) is 12.6 Å². The average Bonchev–Trinajstić information content (AvgIpc) is 2.37.